The first kappa shape index (κ1) is 18.1. The smallest absolute Gasteiger partial charge is 0.254 e. The van der Waals surface area contributed by atoms with Gasteiger partial charge in [0, 0.05) is 33.1 Å². The maximum Gasteiger partial charge on any atom is 0.254 e. The second-order valence-electron chi connectivity index (χ2n) is 5.58. The van der Waals surface area contributed by atoms with E-state index >= 15 is 0 Å². The van der Waals surface area contributed by atoms with Crippen molar-refractivity contribution in [3.8, 4) is 0 Å². The fraction of sp³-hybridized carbons (Fsp3) is 0.158. The summed E-state index contributed by atoms with van der Waals surface area (Å²) < 4.78 is 1.62. The van der Waals surface area contributed by atoms with E-state index in [9.17, 15) is 4.79 Å². The highest BCUT2D eigenvalue weighted by Gasteiger charge is 2.13. The van der Waals surface area contributed by atoms with Crippen LogP contribution in [0, 0.1) is 6.92 Å². The van der Waals surface area contributed by atoms with Crippen LogP contribution in [0.25, 0.3) is 0 Å². The molecule has 0 saturated carbocycles. The molecule has 3 rings (SSSR count). The van der Waals surface area contributed by atoms with E-state index in [1.165, 1.54) is 23.4 Å². The van der Waals surface area contributed by atoms with E-state index in [0.717, 1.165) is 11.3 Å². The molecule has 0 atom stereocenters. The molecule has 0 aliphatic carbocycles. The Morgan fingerprint density at radius 1 is 1.04 bits per heavy atom. The third-order valence-corrected chi connectivity index (χ3v) is 5.45. The van der Waals surface area contributed by atoms with E-state index in [1.807, 2.05) is 25.1 Å². The van der Waals surface area contributed by atoms with Crippen molar-refractivity contribution in [3.05, 3.63) is 91.8 Å². The Morgan fingerprint density at radius 3 is 2.40 bits per heavy atom. The molecule has 1 heterocycles. The molecule has 0 radical (unpaired) electrons. The Balaban J connectivity index is 1.94. The second kappa shape index (κ2) is 8.09. The first-order chi connectivity index (χ1) is 12.0. The number of hydrogen-bond donors (Lipinski definition) is 0. The molecule has 128 valence electrons. The van der Waals surface area contributed by atoms with Gasteiger partial charge in [-0.1, -0.05) is 71.4 Å². The van der Waals surface area contributed by atoms with Gasteiger partial charge in [0.05, 0.1) is 6.54 Å². The molecule has 0 aliphatic rings. The number of halogens is 2. The van der Waals surface area contributed by atoms with Gasteiger partial charge in [0.1, 0.15) is 0 Å². The van der Waals surface area contributed by atoms with Gasteiger partial charge in [-0.05, 0) is 24.6 Å². The zero-order valence-electron chi connectivity index (χ0n) is 13.6. The monoisotopic (exact) mass is 390 g/mol. The lowest BCUT2D eigenvalue weighted by Crippen LogP contribution is -2.23. The Morgan fingerprint density at radius 2 is 1.72 bits per heavy atom. The molecule has 0 amide bonds. The fourth-order valence-corrected chi connectivity index (χ4v) is 3.94. The highest BCUT2D eigenvalue weighted by molar-refractivity contribution is 7.98. The van der Waals surface area contributed by atoms with Crippen LogP contribution >= 0.6 is 35.0 Å². The predicted octanol–water partition coefficient (Wildman–Crippen LogP) is 5.20. The molecular weight excluding hydrogens is 375 g/mol. The van der Waals surface area contributed by atoms with Gasteiger partial charge in [0.15, 0.2) is 5.16 Å². The van der Waals surface area contributed by atoms with Crippen molar-refractivity contribution < 1.29 is 0 Å². The summed E-state index contributed by atoms with van der Waals surface area (Å²) in [6.07, 6.45) is 0. The van der Waals surface area contributed by atoms with Crippen LogP contribution < -0.4 is 5.56 Å². The molecule has 6 heteroatoms. The normalized spacial score (nSPS) is 10.8. The third-order valence-electron chi connectivity index (χ3n) is 3.69. The summed E-state index contributed by atoms with van der Waals surface area (Å²) in [5.41, 5.74) is 2.48. The first-order valence-corrected chi connectivity index (χ1v) is 9.47. The van der Waals surface area contributed by atoms with Gasteiger partial charge in [-0.15, -0.1) is 0 Å². The van der Waals surface area contributed by atoms with Gasteiger partial charge < -0.3 is 0 Å². The lowest BCUT2D eigenvalue weighted by atomic mass is 10.2. The lowest BCUT2D eigenvalue weighted by Gasteiger charge is -2.14. The first-order valence-electron chi connectivity index (χ1n) is 7.72. The Bertz CT molecular complexity index is 922. The Hall–Kier alpha value is -1.75. The molecule has 0 N–H and O–H groups in total. The van der Waals surface area contributed by atoms with Crippen LogP contribution in [0.4, 0.5) is 0 Å². The largest absolute Gasteiger partial charge is 0.283 e. The Labute approximate surface area is 160 Å². The van der Waals surface area contributed by atoms with Crippen LogP contribution in [0.5, 0.6) is 0 Å². The molecular formula is C19H16Cl2N2OS. The van der Waals surface area contributed by atoms with E-state index in [2.05, 4.69) is 17.1 Å². The minimum absolute atomic E-state index is 0.112. The standard InChI is InChI=1S/C19H16Cl2N2OS/c1-13-10-18(24)23(11-15-16(20)8-5-9-17(15)21)19(22-13)25-12-14-6-3-2-4-7-14/h2-10H,11-12H2,1H3. The van der Waals surface area contributed by atoms with Crippen LogP contribution in [0.1, 0.15) is 16.8 Å². The number of thioether (sulfide) groups is 1. The second-order valence-corrected chi connectivity index (χ2v) is 7.34. The molecule has 3 aromatic rings. The number of benzene rings is 2. The molecule has 0 spiro atoms. The van der Waals surface area contributed by atoms with Crippen molar-refractivity contribution in [1.29, 1.82) is 0 Å². The van der Waals surface area contributed by atoms with Crippen molar-refractivity contribution in [2.45, 2.75) is 24.4 Å². The van der Waals surface area contributed by atoms with E-state index in [0.29, 0.717) is 27.4 Å². The molecule has 2 aromatic carbocycles. The summed E-state index contributed by atoms with van der Waals surface area (Å²) in [5, 5.41) is 1.74. The van der Waals surface area contributed by atoms with Crippen molar-refractivity contribution in [1.82, 2.24) is 9.55 Å². The van der Waals surface area contributed by atoms with Crippen molar-refractivity contribution in [2.75, 3.05) is 0 Å². The van der Waals surface area contributed by atoms with E-state index in [1.54, 1.807) is 22.8 Å². The van der Waals surface area contributed by atoms with Gasteiger partial charge in [-0.2, -0.15) is 0 Å². The number of aromatic nitrogens is 2. The van der Waals surface area contributed by atoms with Crippen LogP contribution in [0.15, 0.2) is 64.5 Å². The van der Waals surface area contributed by atoms with Gasteiger partial charge in [-0.25, -0.2) is 4.98 Å². The minimum Gasteiger partial charge on any atom is -0.283 e. The molecule has 0 aliphatic heterocycles. The zero-order chi connectivity index (χ0) is 17.8. The predicted molar refractivity (Wildman–Crippen MR) is 105 cm³/mol. The average Bonchev–Trinajstić information content (AvgIpc) is 2.59. The quantitative estimate of drug-likeness (QED) is 0.443. The summed E-state index contributed by atoms with van der Waals surface area (Å²) in [6.45, 7) is 2.11. The SMILES string of the molecule is Cc1cc(=O)n(Cc2c(Cl)cccc2Cl)c(SCc2ccccc2)n1. The maximum atomic E-state index is 12.5. The Kier molecular flexibility index (Phi) is 5.84. The molecule has 0 fully saturated rings. The number of hydrogen-bond acceptors (Lipinski definition) is 3. The maximum absolute atomic E-state index is 12.5. The summed E-state index contributed by atoms with van der Waals surface area (Å²) in [4.78, 5) is 17.1. The lowest BCUT2D eigenvalue weighted by molar-refractivity contribution is 0.638. The molecule has 0 unspecified atom stereocenters. The van der Waals surface area contributed by atoms with E-state index in [-0.39, 0.29) is 5.56 Å². The fourth-order valence-electron chi connectivity index (χ4n) is 2.41. The van der Waals surface area contributed by atoms with E-state index in [4.69, 9.17) is 23.2 Å². The number of rotatable bonds is 5. The molecule has 3 nitrogen and oxygen atoms in total. The highest BCUT2D eigenvalue weighted by Crippen LogP contribution is 2.27. The van der Waals surface area contributed by atoms with Crippen molar-refractivity contribution in [2.24, 2.45) is 0 Å². The minimum atomic E-state index is -0.112. The summed E-state index contributed by atoms with van der Waals surface area (Å²) in [7, 11) is 0. The van der Waals surface area contributed by atoms with Crippen molar-refractivity contribution >= 4 is 35.0 Å². The van der Waals surface area contributed by atoms with Crippen LogP contribution in [-0.2, 0) is 12.3 Å². The van der Waals surface area contributed by atoms with Gasteiger partial charge >= 0.3 is 0 Å². The number of aryl methyl sites for hydroxylation is 1. The third kappa shape index (κ3) is 4.46. The summed E-state index contributed by atoms with van der Waals surface area (Å²) in [5.74, 6) is 0.729. The topological polar surface area (TPSA) is 34.9 Å². The zero-order valence-corrected chi connectivity index (χ0v) is 15.9. The highest BCUT2D eigenvalue weighted by atomic mass is 35.5. The number of nitrogens with zero attached hydrogens (tertiary/aromatic N) is 2. The van der Waals surface area contributed by atoms with Gasteiger partial charge in [-0.3, -0.25) is 9.36 Å². The van der Waals surface area contributed by atoms with Crippen LogP contribution in [0.3, 0.4) is 0 Å². The van der Waals surface area contributed by atoms with Gasteiger partial charge in [0.2, 0.25) is 0 Å². The van der Waals surface area contributed by atoms with Crippen molar-refractivity contribution in [3.63, 3.8) is 0 Å². The molecule has 1 aromatic heterocycles. The van der Waals surface area contributed by atoms with Crippen LogP contribution in [0.2, 0.25) is 10.0 Å². The van der Waals surface area contributed by atoms with E-state index < -0.39 is 0 Å². The summed E-state index contributed by atoms with van der Waals surface area (Å²) >= 11 is 14.0. The molecule has 0 bridgehead atoms. The van der Waals surface area contributed by atoms with Gasteiger partial charge in [0.25, 0.3) is 5.56 Å². The molecule has 0 saturated heterocycles. The molecule has 25 heavy (non-hydrogen) atoms. The van der Waals surface area contributed by atoms with Crippen LogP contribution in [-0.4, -0.2) is 9.55 Å². The average molecular weight is 391 g/mol. The summed E-state index contributed by atoms with van der Waals surface area (Å²) in [6, 6.07) is 16.9.